The van der Waals surface area contributed by atoms with Gasteiger partial charge in [0.25, 0.3) is 0 Å². The fourth-order valence-corrected chi connectivity index (χ4v) is 3.20. The molecule has 0 aliphatic carbocycles. The highest BCUT2D eigenvalue weighted by Crippen LogP contribution is 2.33. The first-order valence-corrected chi connectivity index (χ1v) is 9.85. The van der Waals surface area contributed by atoms with Gasteiger partial charge in [0.05, 0.1) is 0 Å². The predicted molar refractivity (Wildman–Crippen MR) is 116 cm³/mol. The summed E-state index contributed by atoms with van der Waals surface area (Å²) in [5, 5.41) is 0. The third-order valence-electron chi connectivity index (χ3n) is 4.92. The van der Waals surface area contributed by atoms with E-state index >= 15 is 0 Å². The van der Waals surface area contributed by atoms with E-state index in [1.165, 1.54) is 27.8 Å². The highest BCUT2D eigenvalue weighted by Gasteiger charge is 2.14. The van der Waals surface area contributed by atoms with Crippen LogP contribution in [-0.4, -0.2) is 0 Å². The standard InChI is InChI=1S/C26H30O/c1-6-7-21-12-13-22(20-10-8-19(2)9-11-20)18-25(21)27-24-16-14-23(15-17-24)26(3,4)5/h8-18H,6-7H2,1-5H3. The van der Waals surface area contributed by atoms with Gasteiger partial charge in [-0.3, -0.25) is 0 Å². The van der Waals surface area contributed by atoms with E-state index in [1.54, 1.807) is 0 Å². The van der Waals surface area contributed by atoms with E-state index in [9.17, 15) is 0 Å². The van der Waals surface area contributed by atoms with Gasteiger partial charge in [0.2, 0.25) is 0 Å². The van der Waals surface area contributed by atoms with E-state index in [0.717, 1.165) is 24.3 Å². The zero-order valence-electron chi connectivity index (χ0n) is 17.2. The molecule has 0 aliphatic heterocycles. The van der Waals surface area contributed by atoms with Crippen LogP contribution in [-0.2, 0) is 11.8 Å². The van der Waals surface area contributed by atoms with Crippen molar-refractivity contribution in [3.63, 3.8) is 0 Å². The molecule has 1 nitrogen and oxygen atoms in total. The minimum atomic E-state index is 0.150. The Kier molecular flexibility index (Phi) is 5.70. The molecule has 0 heterocycles. The molecular formula is C26H30O. The van der Waals surface area contributed by atoms with Crippen LogP contribution in [0.4, 0.5) is 0 Å². The topological polar surface area (TPSA) is 9.23 Å². The Labute approximate surface area is 164 Å². The molecule has 0 saturated heterocycles. The highest BCUT2D eigenvalue weighted by atomic mass is 16.5. The first-order chi connectivity index (χ1) is 12.9. The van der Waals surface area contributed by atoms with Crippen LogP contribution in [0.1, 0.15) is 50.8 Å². The van der Waals surface area contributed by atoms with Gasteiger partial charge >= 0.3 is 0 Å². The van der Waals surface area contributed by atoms with Crippen LogP contribution in [0, 0.1) is 6.92 Å². The fourth-order valence-electron chi connectivity index (χ4n) is 3.20. The summed E-state index contributed by atoms with van der Waals surface area (Å²) in [6.45, 7) is 11.0. The second-order valence-electron chi connectivity index (χ2n) is 8.31. The Hall–Kier alpha value is -2.54. The Morgan fingerprint density at radius 3 is 2.00 bits per heavy atom. The summed E-state index contributed by atoms with van der Waals surface area (Å²) in [4.78, 5) is 0. The van der Waals surface area contributed by atoms with E-state index < -0.39 is 0 Å². The average Bonchev–Trinajstić information content (AvgIpc) is 2.64. The Morgan fingerprint density at radius 2 is 1.41 bits per heavy atom. The number of hydrogen-bond acceptors (Lipinski definition) is 1. The summed E-state index contributed by atoms with van der Waals surface area (Å²) in [5.74, 6) is 1.85. The smallest absolute Gasteiger partial charge is 0.131 e. The summed E-state index contributed by atoms with van der Waals surface area (Å²) in [6, 6.07) is 23.7. The van der Waals surface area contributed by atoms with Gasteiger partial charge in [-0.15, -0.1) is 0 Å². The zero-order valence-corrected chi connectivity index (χ0v) is 17.2. The minimum absolute atomic E-state index is 0.150. The monoisotopic (exact) mass is 358 g/mol. The molecule has 0 N–H and O–H groups in total. The summed E-state index contributed by atoms with van der Waals surface area (Å²) in [7, 11) is 0. The number of aryl methyl sites for hydroxylation is 2. The van der Waals surface area contributed by atoms with Crippen LogP contribution in [0.5, 0.6) is 11.5 Å². The molecule has 1 heteroatoms. The van der Waals surface area contributed by atoms with E-state index in [0.29, 0.717) is 0 Å². The largest absolute Gasteiger partial charge is 0.457 e. The molecule has 0 atom stereocenters. The first kappa shape index (κ1) is 19.2. The number of ether oxygens (including phenoxy) is 1. The fraction of sp³-hybridized carbons (Fsp3) is 0.308. The summed E-state index contributed by atoms with van der Waals surface area (Å²) < 4.78 is 6.32. The molecule has 0 fully saturated rings. The van der Waals surface area contributed by atoms with Crippen LogP contribution >= 0.6 is 0 Å². The van der Waals surface area contributed by atoms with Crippen molar-refractivity contribution in [2.24, 2.45) is 0 Å². The van der Waals surface area contributed by atoms with Crippen LogP contribution in [0.2, 0.25) is 0 Å². The van der Waals surface area contributed by atoms with Gasteiger partial charge in [-0.25, -0.2) is 0 Å². The second kappa shape index (κ2) is 8.00. The zero-order chi connectivity index (χ0) is 19.4. The van der Waals surface area contributed by atoms with Crippen molar-refractivity contribution in [1.29, 1.82) is 0 Å². The third kappa shape index (κ3) is 4.80. The number of rotatable bonds is 5. The van der Waals surface area contributed by atoms with Crippen molar-refractivity contribution in [3.05, 3.63) is 83.4 Å². The van der Waals surface area contributed by atoms with Crippen LogP contribution < -0.4 is 4.74 Å². The van der Waals surface area contributed by atoms with Crippen molar-refractivity contribution in [1.82, 2.24) is 0 Å². The van der Waals surface area contributed by atoms with E-state index in [4.69, 9.17) is 4.74 Å². The van der Waals surface area contributed by atoms with Crippen LogP contribution in [0.15, 0.2) is 66.7 Å². The predicted octanol–water partition coefficient (Wildman–Crippen LogP) is 7.70. The van der Waals surface area contributed by atoms with Crippen molar-refractivity contribution < 1.29 is 4.74 Å². The lowest BCUT2D eigenvalue weighted by Gasteiger charge is -2.19. The molecule has 3 rings (SSSR count). The van der Waals surface area contributed by atoms with Gasteiger partial charge in [0.1, 0.15) is 11.5 Å². The maximum absolute atomic E-state index is 6.32. The van der Waals surface area contributed by atoms with Gasteiger partial charge < -0.3 is 4.74 Å². The lowest BCUT2D eigenvalue weighted by molar-refractivity contribution is 0.475. The first-order valence-electron chi connectivity index (χ1n) is 9.85. The molecule has 0 aliphatic rings. The minimum Gasteiger partial charge on any atom is -0.457 e. The molecule has 27 heavy (non-hydrogen) atoms. The number of hydrogen-bond donors (Lipinski definition) is 0. The summed E-state index contributed by atoms with van der Waals surface area (Å²) in [6.07, 6.45) is 2.12. The molecule has 0 aromatic heterocycles. The van der Waals surface area contributed by atoms with Gasteiger partial charge in [-0.2, -0.15) is 0 Å². The average molecular weight is 359 g/mol. The Bertz CT molecular complexity index is 881. The van der Waals surface area contributed by atoms with E-state index in [-0.39, 0.29) is 5.41 Å². The van der Waals surface area contributed by atoms with Gasteiger partial charge in [-0.05, 0) is 59.2 Å². The molecule has 0 radical (unpaired) electrons. The molecule has 140 valence electrons. The lowest BCUT2D eigenvalue weighted by atomic mass is 9.87. The lowest BCUT2D eigenvalue weighted by Crippen LogP contribution is -2.10. The van der Waals surface area contributed by atoms with E-state index in [1.807, 2.05) is 0 Å². The molecule has 3 aromatic carbocycles. The molecule has 0 spiro atoms. The van der Waals surface area contributed by atoms with Crippen molar-refractivity contribution in [2.45, 2.75) is 52.9 Å². The Balaban J connectivity index is 1.92. The maximum Gasteiger partial charge on any atom is 0.131 e. The molecule has 0 saturated carbocycles. The quantitative estimate of drug-likeness (QED) is 0.454. The number of benzene rings is 3. The van der Waals surface area contributed by atoms with Crippen molar-refractivity contribution >= 4 is 0 Å². The molecule has 0 unspecified atom stereocenters. The Morgan fingerprint density at radius 1 is 0.778 bits per heavy atom. The van der Waals surface area contributed by atoms with Crippen molar-refractivity contribution in [2.75, 3.05) is 0 Å². The molecule has 0 bridgehead atoms. The third-order valence-corrected chi connectivity index (χ3v) is 4.92. The van der Waals surface area contributed by atoms with Crippen LogP contribution in [0.3, 0.4) is 0 Å². The van der Waals surface area contributed by atoms with Gasteiger partial charge in [0.15, 0.2) is 0 Å². The summed E-state index contributed by atoms with van der Waals surface area (Å²) in [5.41, 5.74) is 6.41. The van der Waals surface area contributed by atoms with Crippen molar-refractivity contribution in [3.8, 4) is 22.6 Å². The summed E-state index contributed by atoms with van der Waals surface area (Å²) >= 11 is 0. The maximum atomic E-state index is 6.32. The van der Waals surface area contributed by atoms with Gasteiger partial charge in [0, 0.05) is 0 Å². The van der Waals surface area contributed by atoms with Crippen LogP contribution in [0.25, 0.3) is 11.1 Å². The van der Waals surface area contributed by atoms with E-state index in [2.05, 4.69) is 101 Å². The second-order valence-corrected chi connectivity index (χ2v) is 8.31. The molecule has 3 aromatic rings. The molecule has 0 amide bonds. The van der Waals surface area contributed by atoms with Gasteiger partial charge in [-0.1, -0.05) is 88.2 Å². The SMILES string of the molecule is CCCc1ccc(-c2ccc(C)cc2)cc1Oc1ccc(C(C)(C)C)cc1. The highest BCUT2D eigenvalue weighted by molar-refractivity contribution is 5.66. The molecular weight excluding hydrogens is 328 g/mol. The normalized spacial score (nSPS) is 11.4.